The lowest BCUT2D eigenvalue weighted by atomic mass is 9.48. The molecular formula is C27H29NO6. The zero-order valence-electron chi connectivity index (χ0n) is 19.4. The predicted molar refractivity (Wildman–Crippen MR) is 127 cm³/mol. The summed E-state index contributed by atoms with van der Waals surface area (Å²) in [6.45, 7) is 1.58. The van der Waals surface area contributed by atoms with Gasteiger partial charge in [-0.3, -0.25) is 9.59 Å². The highest BCUT2D eigenvalue weighted by Gasteiger charge is 2.61. The van der Waals surface area contributed by atoms with Crippen molar-refractivity contribution in [3.63, 3.8) is 0 Å². The number of hydrogen-bond acceptors (Lipinski definition) is 6. The molecule has 2 N–H and O–H groups in total. The number of furan rings is 1. The van der Waals surface area contributed by atoms with Crippen LogP contribution in [0.15, 0.2) is 40.8 Å². The summed E-state index contributed by atoms with van der Waals surface area (Å²) in [4.78, 5) is 26.2. The molecule has 4 saturated carbocycles. The fourth-order valence-corrected chi connectivity index (χ4v) is 7.04. The second-order valence-corrected chi connectivity index (χ2v) is 10.6. The third-order valence-corrected chi connectivity index (χ3v) is 8.07. The number of carbonyl (C=O) groups is 2. The number of esters is 1. The third-order valence-electron chi connectivity index (χ3n) is 8.07. The number of benzene rings is 2. The van der Waals surface area contributed by atoms with Gasteiger partial charge in [-0.05, 0) is 69.4 Å². The average Bonchev–Trinajstić information content (AvgIpc) is 3.14. The monoisotopic (exact) mass is 463 g/mol. The maximum Gasteiger partial charge on any atom is 0.312 e. The summed E-state index contributed by atoms with van der Waals surface area (Å²) in [5.41, 5.74) is 0.403. The summed E-state index contributed by atoms with van der Waals surface area (Å²) >= 11 is 0. The van der Waals surface area contributed by atoms with E-state index in [0.29, 0.717) is 35.3 Å². The number of rotatable bonds is 5. The first-order valence-electron chi connectivity index (χ1n) is 12.0. The van der Waals surface area contributed by atoms with Crippen LogP contribution in [0.3, 0.4) is 0 Å². The van der Waals surface area contributed by atoms with Crippen molar-refractivity contribution in [2.75, 3.05) is 12.4 Å². The van der Waals surface area contributed by atoms with Crippen molar-refractivity contribution in [1.29, 1.82) is 0 Å². The Morgan fingerprint density at radius 2 is 1.82 bits per heavy atom. The molecule has 4 bridgehead atoms. The smallest absolute Gasteiger partial charge is 0.312 e. The lowest BCUT2D eigenvalue weighted by Gasteiger charge is -2.58. The van der Waals surface area contributed by atoms with Crippen LogP contribution in [0.4, 0.5) is 5.69 Å². The molecular weight excluding hydrogens is 434 g/mol. The molecule has 3 unspecified atom stereocenters. The Balaban J connectivity index is 1.20. The van der Waals surface area contributed by atoms with Crippen LogP contribution in [-0.4, -0.2) is 35.8 Å². The van der Waals surface area contributed by atoms with Gasteiger partial charge in [-0.2, -0.15) is 0 Å². The Morgan fingerprint density at radius 1 is 1.09 bits per heavy atom. The average molecular weight is 464 g/mol. The number of ether oxygens (including phenoxy) is 2. The van der Waals surface area contributed by atoms with E-state index in [1.54, 1.807) is 20.1 Å². The molecule has 7 heteroatoms. The summed E-state index contributed by atoms with van der Waals surface area (Å²) in [7, 11) is 1.54. The van der Waals surface area contributed by atoms with E-state index in [2.05, 4.69) is 5.32 Å². The molecule has 4 aliphatic rings. The minimum Gasteiger partial charge on any atom is -0.495 e. The molecule has 34 heavy (non-hydrogen) atoms. The van der Waals surface area contributed by atoms with Crippen LogP contribution < -0.4 is 10.1 Å². The Labute approximate surface area is 197 Å². The highest BCUT2D eigenvalue weighted by atomic mass is 16.5. The summed E-state index contributed by atoms with van der Waals surface area (Å²) in [5.74, 6) is 0.424. The Hall–Kier alpha value is -3.06. The van der Waals surface area contributed by atoms with Crippen molar-refractivity contribution >= 4 is 39.5 Å². The Kier molecular flexibility index (Phi) is 4.72. The standard InChI is InChI=1S/C27H29NO6/c1-15(33-25(30)26-10-16-7-17(11-26)13-27(31,12-16)14-26)24(29)28-20-9-22-19(8-23(20)32-2)18-5-3-4-6-21(18)34-22/h3-6,8-9,15-17,31H,7,10-14H2,1-2H3,(H,28,29). The molecule has 4 fully saturated rings. The zero-order valence-corrected chi connectivity index (χ0v) is 19.4. The SMILES string of the molecule is COc1cc2c(cc1NC(=O)C(C)OC(=O)C13CC4CC(CC(O)(C4)C1)C3)oc1ccccc12. The van der Waals surface area contributed by atoms with Crippen LogP contribution in [-0.2, 0) is 14.3 Å². The maximum absolute atomic E-state index is 13.3. The van der Waals surface area contributed by atoms with Crippen LogP contribution in [0.25, 0.3) is 21.9 Å². The van der Waals surface area contributed by atoms with E-state index >= 15 is 0 Å². The van der Waals surface area contributed by atoms with E-state index in [-0.39, 0.29) is 5.97 Å². The van der Waals surface area contributed by atoms with Crippen LogP contribution in [0, 0.1) is 17.3 Å². The van der Waals surface area contributed by atoms with E-state index < -0.39 is 23.0 Å². The van der Waals surface area contributed by atoms with Crippen molar-refractivity contribution in [2.24, 2.45) is 17.3 Å². The normalized spacial score (nSPS) is 30.4. The lowest BCUT2D eigenvalue weighted by molar-refractivity contribution is -0.199. The number of anilines is 1. The van der Waals surface area contributed by atoms with E-state index in [4.69, 9.17) is 13.9 Å². The van der Waals surface area contributed by atoms with Crippen molar-refractivity contribution in [3.05, 3.63) is 36.4 Å². The number of nitrogens with one attached hydrogen (secondary N) is 1. The molecule has 1 heterocycles. The fourth-order valence-electron chi connectivity index (χ4n) is 7.04. The molecule has 7 nitrogen and oxygen atoms in total. The molecule has 4 aliphatic carbocycles. The molecule has 1 amide bonds. The molecule has 3 aromatic rings. The minimum atomic E-state index is -0.980. The number of methoxy groups -OCH3 is 1. The Bertz CT molecular complexity index is 1300. The summed E-state index contributed by atoms with van der Waals surface area (Å²) in [5, 5.41) is 15.6. The fraction of sp³-hybridized carbons (Fsp3) is 0.481. The van der Waals surface area contributed by atoms with Gasteiger partial charge >= 0.3 is 5.97 Å². The number of aliphatic hydroxyl groups is 1. The first-order valence-corrected chi connectivity index (χ1v) is 12.0. The number of fused-ring (bicyclic) bond motifs is 3. The van der Waals surface area contributed by atoms with Gasteiger partial charge in [0.1, 0.15) is 16.9 Å². The van der Waals surface area contributed by atoms with Crippen molar-refractivity contribution in [2.45, 2.75) is 57.2 Å². The van der Waals surface area contributed by atoms with Crippen LogP contribution in [0.2, 0.25) is 0 Å². The predicted octanol–water partition coefficient (Wildman–Crippen LogP) is 4.80. The highest BCUT2D eigenvalue weighted by molar-refractivity contribution is 6.08. The molecule has 0 saturated heterocycles. The van der Waals surface area contributed by atoms with Gasteiger partial charge in [0, 0.05) is 16.8 Å². The first-order chi connectivity index (χ1) is 16.3. The van der Waals surface area contributed by atoms with E-state index in [1.165, 1.54) is 0 Å². The minimum absolute atomic E-state index is 0.359. The zero-order chi connectivity index (χ0) is 23.7. The van der Waals surface area contributed by atoms with Crippen molar-refractivity contribution < 1.29 is 28.6 Å². The summed E-state index contributed by atoms with van der Waals surface area (Å²) in [6, 6.07) is 11.3. The molecule has 1 aromatic heterocycles. The second-order valence-electron chi connectivity index (χ2n) is 10.6. The molecule has 7 rings (SSSR count). The summed E-state index contributed by atoms with van der Waals surface area (Å²) in [6.07, 6.45) is 3.59. The van der Waals surface area contributed by atoms with Gasteiger partial charge in [0.2, 0.25) is 0 Å². The van der Waals surface area contributed by atoms with Crippen LogP contribution in [0.1, 0.15) is 45.4 Å². The number of amides is 1. The van der Waals surface area contributed by atoms with Gasteiger partial charge in [0.25, 0.3) is 5.91 Å². The Morgan fingerprint density at radius 3 is 2.53 bits per heavy atom. The molecule has 3 atom stereocenters. The van der Waals surface area contributed by atoms with Crippen molar-refractivity contribution in [1.82, 2.24) is 0 Å². The van der Waals surface area contributed by atoms with Gasteiger partial charge < -0.3 is 24.3 Å². The van der Waals surface area contributed by atoms with Crippen LogP contribution >= 0.6 is 0 Å². The number of para-hydroxylation sites is 1. The molecule has 0 aliphatic heterocycles. The van der Waals surface area contributed by atoms with Gasteiger partial charge in [0.15, 0.2) is 6.10 Å². The van der Waals surface area contributed by atoms with Gasteiger partial charge in [-0.15, -0.1) is 0 Å². The topological polar surface area (TPSA) is 98.0 Å². The number of carbonyl (C=O) groups excluding carboxylic acids is 2. The third kappa shape index (κ3) is 3.36. The second kappa shape index (κ2) is 7.47. The first kappa shape index (κ1) is 21.5. The lowest BCUT2D eigenvalue weighted by Crippen LogP contribution is -2.59. The highest BCUT2D eigenvalue weighted by Crippen LogP contribution is 2.62. The molecule has 0 spiro atoms. The largest absolute Gasteiger partial charge is 0.495 e. The quantitative estimate of drug-likeness (QED) is 0.528. The van der Waals surface area contributed by atoms with E-state index in [9.17, 15) is 14.7 Å². The van der Waals surface area contributed by atoms with Gasteiger partial charge in [-0.25, -0.2) is 0 Å². The molecule has 2 aromatic carbocycles. The molecule has 0 radical (unpaired) electrons. The number of hydrogen-bond donors (Lipinski definition) is 2. The van der Waals surface area contributed by atoms with E-state index in [1.807, 2.05) is 30.3 Å². The van der Waals surface area contributed by atoms with Crippen molar-refractivity contribution in [3.8, 4) is 5.75 Å². The maximum atomic E-state index is 13.3. The van der Waals surface area contributed by atoms with Gasteiger partial charge in [0.05, 0.1) is 23.8 Å². The van der Waals surface area contributed by atoms with E-state index in [0.717, 1.165) is 48.5 Å². The summed E-state index contributed by atoms with van der Waals surface area (Å²) < 4.78 is 17.1. The molecule has 178 valence electrons. The van der Waals surface area contributed by atoms with Gasteiger partial charge in [-0.1, -0.05) is 18.2 Å². The van der Waals surface area contributed by atoms with Crippen LogP contribution in [0.5, 0.6) is 5.75 Å².